The van der Waals surface area contributed by atoms with Gasteiger partial charge in [-0.2, -0.15) is 0 Å². The van der Waals surface area contributed by atoms with Gasteiger partial charge in [0.25, 0.3) is 0 Å². The van der Waals surface area contributed by atoms with Crippen molar-refractivity contribution in [2.24, 2.45) is 0 Å². The third kappa shape index (κ3) is 4.42. The fourth-order valence-corrected chi connectivity index (χ4v) is 3.26. The van der Waals surface area contributed by atoms with E-state index in [-0.39, 0.29) is 0 Å². The SMILES string of the molecule is CN(C(=S)NCCC[NH+](C)C)[C@@H]1CCCc2ccccc21. The molecule has 0 aliphatic heterocycles. The number of nitrogens with one attached hydrogen (secondary N) is 2. The van der Waals surface area contributed by atoms with Crippen LogP contribution in [0.2, 0.25) is 0 Å². The summed E-state index contributed by atoms with van der Waals surface area (Å²) < 4.78 is 0. The van der Waals surface area contributed by atoms with Gasteiger partial charge in [0.1, 0.15) is 0 Å². The zero-order valence-electron chi connectivity index (χ0n) is 13.5. The zero-order chi connectivity index (χ0) is 15.2. The first kappa shape index (κ1) is 16.2. The summed E-state index contributed by atoms with van der Waals surface area (Å²) in [6, 6.07) is 9.22. The van der Waals surface area contributed by atoms with E-state index in [9.17, 15) is 0 Å². The molecule has 0 aromatic heterocycles. The van der Waals surface area contributed by atoms with Crippen molar-refractivity contribution in [1.29, 1.82) is 0 Å². The zero-order valence-corrected chi connectivity index (χ0v) is 14.3. The second kappa shape index (κ2) is 7.76. The van der Waals surface area contributed by atoms with Crippen LogP contribution in [0, 0.1) is 0 Å². The Morgan fingerprint density at radius 1 is 1.38 bits per heavy atom. The fraction of sp³-hybridized carbons (Fsp3) is 0.588. The molecule has 0 radical (unpaired) electrons. The van der Waals surface area contributed by atoms with Crippen LogP contribution in [0.5, 0.6) is 0 Å². The lowest BCUT2D eigenvalue weighted by atomic mass is 9.87. The summed E-state index contributed by atoms with van der Waals surface area (Å²) in [5.74, 6) is 0. The number of thiocarbonyl (C=S) groups is 1. The van der Waals surface area contributed by atoms with Crippen molar-refractivity contribution in [1.82, 2.24) is 10.2 Å². The number of fused-ring (bicyclic) bond motifs is 1. The number of hydrogen-bond acceptors (Lipinski definition) is 1. The summed E-state index contributed by atoms with van der Waals surface area (Å²) in [6.07, 6.45) is 4.79. The first-order valence-electron chi connectivity index (χ1n) is 7.97. The van der Waals surface area contributed by atoms with Crippen molar-refractivity contribution in [3.05, 3.63) is 35.4 Å². The molecule has 0 saturated carbocycles. The average molecular weight is 306 g/mol. The molecule has 0 heterocycles. The summed E-state index contributed by atoms with van der Waals surface area (Å²) in [4.78, 5) is 3.73. The smallest absolute Gasteiger partial charge is 0.169 e. The normalized spacial score (nSPS) is 17.4. The highest BCUT2D eigenvalue weighted by Gasteiger charge is 2.24. The molecular weight excluding hydrogens is 278 g/mol. The van der Waals surface area contributed by atoms with Crippen LogP contribution in [-0.2, 0) is 6.42 Å². The van der Waals surface area contributed by atoms with E-state index in [2.05, 4.69) is 55.6 Å². The van der Waals surface area contributed by atoms with E-state index in [0.717, 1.165) is 18.1 Å². The van der Waals surface area contributed by atoms with Crippen LogP contribution >= 0.6 is 12.2 Å². The van der Waals surface area contributed by atoms with Gasteiger partial charge in [0.2, 0.25) is 0 Å². The minimum atomic E-state index is 0.425. The van der Waals surface area contributed by atoms with Gasteiger partial charge < -0.3 is 15.1 Å². The molecule has 0 amide bonds. The predicted molar refractivity (Wildman–Crippen MR) is 92.8 cm³/mol. The number of hydrogen-bond donors (Lipinski definition) is 2. The van der Waals surface area contributed by atoms with E-state index in [1.165, 1.54) is 41.8 Å². The third-order valence-electron chi connectivity index (χ3n) is 4.26. The number of rotatable bonds is 5. The fourth-order valence-electron chi connectivity index (χ4n) is 3.03. The molecule has 4 heteroatoms. The van der Waals surface area contributed by atoms with Gasteiger partial charge in [0.15, 0.2) is 5.11 Å². The second-order valence-electron chi connectivity index (χ2n) is 6.26. The number of nitrogens with zero attached hydrogens (tertiary/aromatic N) is 1. The van der Waals surface area contributed by atoms with E-state index in [4.69, 9.17) is 12.2 Å². The molecule has 1 aromatic carbocycles. The molecule has 1 aliphatic carbocycles. The monoisotopic (exact) mass is 306 g/mol. The topological polar surface area (TPSA) is 19.7 Å². The van der Waals surface area contributed by atoms with Crippen molar-refractivity contribution < 1.29 is 4.90 Å². The predicted octanol–water partition coefficient (Wildman–Crippen LogP) is 1.40. The van der Waals surface area contributed by atoms with Crippen LogP contribution in [0.4, 0.5) is 0 Å². The van der Waals surface area contributed by atoms with E-state index in [1.807, 2.05) is 0 Å². The number of benzene rings is 1. The number of quaternary nitrogens is 1. The lowest BCUT2D eigenvalue weighted by Gasteiger charge is -2.35. The highest BCUT2D eigenvalue weighted by molar-refractivity contribution is 7.80. The van der Waals surface area contributed by atoms with Gasteiger partial charge in [0, 0.05) is 20.0 Å². The second-order valence-corrected chi connectivity index (χ2v) is 6.65. The Bertz CT molecular complexity index is 473. The van der Waals surface area contributed by atoms with Crippen molar-refractivity contribution >= 4 is 17.3 Å². The lowest BCUT2D eigenvalue weighted by Crippen LogP contribution is -3.05. The van der Waals surface area contributed by atoms with Crippen LogP contribution in [-0.4, -0.2) is 44.2 Å². The maximum Gasteiger partial charge on any atom is 0.169 e. The quantitative estimate of drug-likeness (QED) is 0.634. The van der Waals surface area contributed by atoms with Crippen LogP contribution < -0.4 is 10.2 Å². The summed E-state index contributed by atoms with van der Waals surface area (Å²) in [5, 5.41) is 4.29. The molecule has 0 spiro atoms. The van der Waals surface area contributed by atoms with Crippen LogP contribution in [0.3, 0.4) is 0 Å². The Balaban J connectivity index is 1.91. The van der Waals surface area contributed by atoms with Crippen molar-refractivity contribution in [3.63, 3.8) is 0 Å². The highest BCUT2D eigenvalue weighted by Crippen LogP contribution is 2.33. The molecular formula is C17H28N3S+. The van der Waals surface area contributed by atoms with E-state index in [0.29, 0.717) is 6.04 Å². The van der Waals surface area contributed by atoms with E-state index < -0.39 is 0 Å². The maximum atomic E-state index is 5.57. The molecule has 21 heavy (non-hydrogen) atoms. The van der Waals surface area contributed by atoms with Gasteiger partial charge in [-0.05, 0) is 42.6 Å². The molecule has 1 aliphatic rings. The molecule has 1 atom stereocenters. The van der Waals surface area contributed by atoms with Gasteiger partial charge in [-0.1, -0.05) is 24.3 Å². The van der Waals surface area contributed by atoms with Gasteiger partial charge in [-0.3, -0.25) is 0 Å². The Morgan fingerprint density at radius 2 is 2.14 bits per heavy atom. The first-order valence-corrected chi connectivity index (χ1v) is 8.38. The van der Waals surface area contributed by atoms with Crippen LogP contribution in [0.15, 0.2) is 24.3 Å². The highest BCUT2D eigenvalue weighted by atomic mass is 32.1. The first-order chi connectivity index (χ1) is 10.1. The minimum Gasteiger partial charge on any atom is -0.362 e. The van der Waals surface area contributed by atoms with Gasteiger partial charge in [-0.25, -0.2) is 0 Å². The summed E-state index contributed by atoms with van der Waals surface area (Å²) in [7, 11) is 6.49. The van der Waals surface area contributed by atoms with Gasteiger partial charge in [-0.15, -0.1) is 0 Å². The molecule has 116 valence electrons. The molecule has 1 aromatic rings. The van der Waals surface area contributed by atoms with Gasteiger partial charge >= 0.3 is 0 Å². The van der Waals surface area contributed by atoms with Crippen molar-refractivity contribution in [2.75, 3.05) is 34.2 Å². The lowest BCUT2D eigenvalue weighted by molar-refractivity contribution is -0.858. The molecule has 0 fully saturated rings. The molecule has 0 unspecified atom stereocenters. The number of aryl methyl sites for hydroxylation is 1. The third-order valence-corrected chi connectivity index (χ3v) is 4.69. The molecule has 2 N–H and O–H groups in total. The van der Waals surface area contributed by atoms with E-state index >= 15 is 0 Å². The molecule has 3 nitrogen and oxygen atoms in total. The van der Waals surface area contributed by atoms with Gasteiger partial charge in [0.05, 0.1) is 26.7 Å². The van der Waals surface area contributed by atoms with Crippen LogP contribution in [0.25, 0.3) is 0 Å². The van der Waals surface area contributed by atoms with Crippen molar-refractivity contribution in [3.8, 4) is 0 Å². The van der Waals surface area contributed by atoms with E-state index in [1.54, 1.807) is 0 Å². The summed E-state index contributed by atoms with van der Waals surface area (Å²) in [5.41, 5.74) is 2.94. The Hall–Kier alpha value is -1.13. The summed E-state index contributed by atoms with van der Waals surface area (Å²) in [6.45, 7) is 2.13. The Labute approximate surface area is 134 Å². The minimum absolute atomic E-state index is 0.425. The standard InChI is InChI=1S/C17H27N3S/c1-19(2)13-7-12-18-17(21)20(3)16-11-6-9-14-8-4-5-10-15(14)16/h4-5,8,10,16H,6-7,9,11-13H2,1-3H3,(H,18,21)/p+1/t16-/m1/s1. The Kier molecular flexibility index (Phi) is 6.00. The Morgan fingerprint density at radius 3 is 2.90 bits per heavy atom. The summed E-state index contributed by atoms with van der Waals surface area (Å²) >= 11 is 5.57. The molecule has 0 saturated heterocycles. The molecule has 2 rings (SSSR count). The average Bonchev–Trinajstić information content (AvgIpc) is 2.50. The largest absolute Gasteiger partial charge is 0.362 e. The maximum absolute atomic E-state index is 5.57. The van der Waals surface area contributed by atoms with Crippen LogP contribution in [0.1, 0.15) is 36.4 Å². The molecule has 0 bridgehead atoms. The van der Waals surface area contributed by atoms with Crippen molar-refractivity contribution in [2.45, 2.75) is 31.7 Å².